The number of aromatic amines is 4. The molecule has 4 heterocycles. The van der Waals surface area contributed by atoms with Crippen LogP contribution >= 0.6 is 0 Å². The van der Waals surface area contributed by atoms with Crippen LogP contribution in [0, 0.1) is 53.3 Å². The topological polar surface area (TPSA) is 549 Å². The molecule has 8 aromatic rings. The Bertz CT molecular complexity index is 5550. The number of para-hydroxylation sites is 4. The number of aromatic nitrogens is 4. The third kappa shape index (κ3) is 32.9. The van der Waals surface area contributed by atoms with Gasteiger partial charge in [-0.15, -0.1) is 0 Å². The van der Waals surface area contributed by atoms with E-state index in [0.717, 1.165) is 27.4 Å². The van der Waals surface area contributed by atoms with Crippen LogP contribution in [0.15, 0.2) is 122 Å². The van der Waals surface area contributed by atoms with Gasteiger partial charge in [0.25, 0.3) is 0 Å². The van der Waals surface area contributed by atoms with Crippen LogP contribution in [0.3, 0.4) is 0 Å². The van der Waals surface area contributed by atoms with Crippen LogP contribution in [-0.4, -0.2) is 224 Å². The Balaban J connectivity index is 1.02. The summed E-state index contributed by atoms with van der Waals surface area (Å²) in [6.07, 6.45) is 7.10. The minimum absolute atomic E-state index is 0.0104. The zero-order chi connectivity index (χ0) is 102. The first kappa shape index (κ1) is 111. The molecule has 4 aromatic heterocycles. The molecule has 0 aliphatic rings. The minimum atomic E-state index is -1.48. The summed E-state index contributed by atoms with van der Waals surface area (Å²) in [6, 6.07) is 11.2. The highest BCUT2D eigenvalue weighted by molar-refractivity contribution is 6.02. The van der Waals surface area contributed by atoms with Gasteiger partial charge in [-0.25, -0.2) is 0 Å². The number of carbonyl (C=O) groups is 16. The number of aliphatic hydroxyl groups excluding tert-OH is 1. The van der Waals surface area contributed by atoms with Crippen LogP contribution in [0.25, 0.3) is 43.6 Å². The van der Waals surface area contributed by atoms with Crippen molar-refractivity contribution in [3.05, 3.63) is 144 Å². The second-order valence-corrected chi connectivity index (χ2v) is 39.7. The van der Waals surface area contributed by atoms with E-state index in [-0.39, 0.29) is 106 Å². The molecule has 0 bridgehead atoms. The third-order valence-corrected chi connectivity index (χ3v) is 24.2. The predicted molar refractivity (Wildman–Crippen MR) is 532 cm³/mol. The summed E-state index contributed by atoms with van der Waals surface area (Å²) in [5, 5.41) is 57.0. The highest BCUT2D eigenvalue weighted by atomic mass is 16.3. The van der Waals surface area contributed by atoms with Crippen LogP contribution < -0.4 is 85.1 Å². The zero-order valence-electron chi connectivity index (χ0n) is 83.4. The molecule has 756 valence electrons. The summed E-state index contributed by atoms with van der Waals surface area (Å²) >= 11 is 0. The van der Waals surface area contributed by atoms with E-state index in [0.29, 0.717) is 44.9 Å². The van der Waals surface area contributed by atoms with E-state index < -0.39 is 197 Å². The van der Waals surface area contributed by atoms with Gasteiger partial charge in [-0.1, -0.05) is 197 Å². The van der Waals surface area contributed by atoms with Crippen molar-refractivity contribution in [3.63, 3.8) is 0 Å². The Kier molecular flexibility index (Phi) is 42.2. The van der Waals surface area contributed by atoms with Gasteiger partial charge in [0, 0.05) is 101 Å². The largest absolute Gasteiger partial charge is 0.395 e. The van der Waals surface area contributed by atoms with Gasteiger partial charge in [-0.3, -0.25) is 76.7 Å². The molecule has 14 atom stereocenters. The number of fused-ring (bicyclic) bond motifs is 4. The first-order valence-electron chi connectivity index (χ1n) is 48.3. The molecule has 0 spiro atoms. The van der Waals surface area contributed by atoms with E-state index >= 15 is 28.8 Å². The van der Waals surface area contributed by atoms with Gasteiger partial charge >= 0.3 is 0 Å². The predicted octanol–water partition coefficient (Wildman–Crippen LogP) is 5.40. The van der Waals surface area contributed by atoms with Gasteiger partial charge < -0.3 is 110 Å². The van der Waals surface area contributed by atoms with Crippen LogP contribution in [0.2, 0.25) is 0 Å². The fourth-order valence-corrected chi connectivity index (χ4v) is 16.8. The van der Waals surface area contributed by atoms with E-state index in [2.05, 4.69) is 105 Å². The van der Waals surface area contributed by atoms with Gasteiger partial charge in [0.2, 0.25) is 95.0 Å². The molecule has 21 N–H and O–H groups in total. The summed E-state index contributed by atoms with van der Waals surface area (Å²) in [5.41, 5.74) is 5.51. The molecule has 0 fully saturated rings. The summed E-state index contributed by atoms with van der Waals surface area (Å²) in [6.45, 7) is 32.2. The Morgan fingerprint density at radius 2 is 0.511 bits per heavy atom. The number of amides is 16. The smallest absolute Gasteiger partial charge is 0.243 e. The number of hydrogen-bond donors (Lipinski definition) is 21. The molecule has 0 aliphatic heterocycles. The average molecular weight is 1920 g/mol. The molecule has 4 aromatic carbocycles. The maximum absolute atomic E-state index is 15.6. The SMILES string of the molecule is CC(C)C[C@H](NC(=O)[C@@H](CC(C)C)NC(=O)[C@H](C)NC(=O)CNC(=O)[C@@H](NC=O)C(C)C)C(=O)N[C@@H](C(=O)N[C@H](C(=O)N[C@@H](C(=O)N[C@@H](Cc1c[nH]c2ccccc12)C(=O)N[C@H](CC(C)C)C(=O)N[C@@H](Cc1c[nH]c2ccccc12)C(=O)N[C@H](CC(C)C)C(=O)N[C@@H](Cc1c[nH]c2ccccc12)C(=O)N[C@H](CC(C)C)C(=O)N[C@@H](Cc1c[nH]c2ccccc12)C(=O)NCCO)C(C)C)C(C)C)C(C)C. The van der Waals surface area contributed by atoms with Crippen molar-refractivity contribution in [1.82, 2.24) is 105 Å². The second-order valence-electron chi connectivity index (χ2n) is 39.7. The maximum atomic E-state index is 15.6. The first-order valence-corrected chi connectivity index (χ1v) is 48.3. The lowest BCUT2D eigenvalue weighted by molar-refractivity contribution is -0.137. The molecule has 37 heteroatoms. The van der Waals surface area contributed by atoms with Crippen molar-refractivity contribution in [3.8, 4) is 0 Å². The monoisotopic (exact) mass is 1920 g/mol. The number of H-pyrrole nitrogens is 4. The van der Waals surface area contributed by atoms with Gasteiger partial charge in [0.1, 0.15) is 84.6 Å². The fraction of sp³-hybridized carbons (Fsp3) is 0.529. The van der Waals surface area contributed by atoms with Crippen molar-refractivity contribution in [2.24, 2.45) is 53.3 Å². The number of hydrogen-bond acceptors (Lipinski definition) is 17. The lowest BCUT2D eigenvalue weighted by Gasteiger charge is -2.31. The number of carbonyl (C=O) groups excluding carboxylic acids is 16. The number of nitrogens with one attached hydrogen (secondary N) is 20. The third-order valence-electron chi connectivity index (χ3n) is 24.2. The molecule has 0 radical (unpaired) electrons. The molecule has 139 heavy (non-hydrogen) atoms. The van der Waals surface area contributed by atoms with Crippen molar-refractivity contribution in [1.29, 1.82) is 0 Å². The Labute approximate surface area is 812 Å². The molecule has 0 saturated heterocycles. The molecule has 0 unspecified atom stereocenters. The highest BCUT2D eigenvalue weighted by Gasteiger charge is 2.41. The summed E-state index contributed by atoms with van der Waals surface area (Å²) in [7, 11) is 0. The standard InChI is InChI=1S/C102H146N20O17/c1-53(2)38-75(111-89(126)62(19)110-84(125)51-108-99(136)85(58(11)12)109-52-124)91(128)115-79(42-57(9)10)98(135)120-87(60(15)16)101(138)122-88(61(17)18)102(139)121-86(59(13)14)100(137)119-83(46-66-50-107-74-35-27-23-31-70(66)74)97(134)114-78(41-56(7)8)94(131)118-82(45-65-49-106-73-34-26-22-30-69(65)73)96(133)113-77(40-55(5)6)93(130)117-81(44-64-48-105-72-33-25-21-29-68(64)72)95(132)112-76(39-54(3)4)92(129)116-80(90(127)103-36-37-123)43-63-47-104-71-32-24-20-28-67(63)71/h20-35,47-50,52-62,75-83,85-88,104-107,123H,36-46,51H2,1-19H3,(H,103,127)(H,108,136)(H,109,124)(H,110,125)(H,111,126)(H,112,132)(H,113,133)(H,114,134)(H,115,128)(H,116,129)(H,117,130)(H,118,131)(H,119,137)(H,120,135)(H,121,139)(H,122,138)/t62-,75+,76+,77+,78+,79-,80-,81-,82-,83-,85-,86+,87+,88-/m0/s1. The van der Waals surface area contributed by atoms with Crippen LogP contribution in [0.1, 0.15) is 186 Å². The van der Waals surface area contributed by atoms with Gasteiger partial charge in [0.05, 0.1) is 13.2 Å². The second kappa shape index (κ2) is 52.9. The van der Waals surface area contributed by atoms with E-state index in [1.165, 1.54) is 6.92 Å². The zero-order valence-corrected chi connectivity index (χ0v) is 83.4. The van der Waals surface area contributed by atoms with Crippen molar-refractivity contribution < 1.29 is 81.8 Å². The molecule has 0 aliphatic carbocycles. The van der Waals surface area contributed by atoms with Gasteiger partial charge in [-0.2, -0.15) is 0 Å². The van der Waals surface area contributed by atoms with Crippen LogP contribution in [0.5, 0.6) is 0 Å². The van der Waals surface area contributed by atoms with E-state index in [9.17, 15) is 53.1 Å². The molecular formula is C102H146N20O17. The summed E-state index contributed by atoms with van der Waals surface area (Å²) in [5.74, 6) is -14.7. The Morgan fingerprint density at radius 3 is 0.784 bits per heavy atom. The van der Waals surface area contributed by atoms with Crippen LogP contribution in [0.4, 0.5) is 0 Å². The molecule has 0 saturated carbocycles. The minimum Gasteiger partial charge on any atom is -0.395 e. The van der Waals surface area contributed by atoms with E-state index in [4.69, 9.17) is 0 Å². The van der Waals surface area contributed by atoms with Crippen molar-refractivity contribution >= 4 is 139 Å². The van der Waals surface area contributed by atoms with Gasteiger partial charge in [-0.05, 0) is 139 Å². The molecular weight excluding hydrogens is 1780 g/mol. The van der Waals surface area contributed by atoms with Crippen molar-refractivity contribution in [2.75, 3.05) is 19.7 Å². The van der Waals surface area contributed by atoms with Crippen LogP contribution in [-0.2, 0) is 102 Å². The highest BCUT2D eigenvalue weighted by Crippen LogP contribution is 2.27. The average Bonchev–Trinajstić information content (AvgIpc) is 1.70. The van der Waals surface area contributed by atoms with E-state index in [1.54, 1.807) is 86.2 Å². The quantitative estimate of drug-likeness (QED) is 0.0212. The Hall–Kier alpha value is -13.5. The molecule has 8 rings (SSSR count). The summed E-state index contributed by atoms with van der Waals surface area (Å²) in [4.78, 5) is 243. The first-order chi connectivity index (χ1) is 65.8. The Morgan fingerprint density at radius 1 is 0.273 bits per heavy atom. The molecule has 16 amide bonds. The number of benzene rings is 4. The van der Waals surface area contributed by atoms with E-state index in [1.807, 2.05) is 160 Å². The lowest BCUT2D eigenvalue weighted by atomic mass is 9.96. The lowest BCUT2D eigenvalue weighted by Crippen LogP contribution is -2.62. The fourth-order valence-electron chi connectivity index (χ4n) is 16.8. The molecule has 37 nitrogen and oxygen atoms in total. The number of rotatable bonds is 55. The van der Waals surface area contributed by atoms with Crippen molar-refractivity contribution in [2.45, 2.75) is 274 Å². The number of aliphatic hydroxyl groups is 1. The maximum Gasteiger partial charge on any atom is 0.243 e. The normalized spacial score (nSPS) is 14.7. The summed E-state index contributed by atoms with van der Waals surface area (Å²) < 4.78 is 0. The van der Waals surface area contributed by atoms with Gasteiger partial charge in [0.15, 0.2) is 0 Å².